The summed E-state index contributed by atoms with van der Waals surface area (Å²) in [6.45, 7) is 0. The second kappa shape index (κ2) is 5.45. The topological polar surface area (TPSA) is 38.7 Å². The fourth-order valence-corrected chi connectivity index (χ4v) is 1.93. The molecule has 18 heavy (non-hydrogen) atoms. The summed E-state index contributed by atoms with van der Waals surface area (Å²) in [5.74, 6) is 1.71. The Morgan fingerprint density at radius 3 is 2.50 bits per heavy atom. The Hall–Kier alpha value is -2.16. The van der Waals surface area contributed by atoms with Gasteiger partial charge in [-0.2, -0.15) is 0 Å². The second-order valence-corrected chi connectivity index (χ2v) is 4.03. The molecule has 0 aromatic heterocycles. The average molecular weight is 244 g/mol. The first-order valence-electron chi connectivity index (χ1n) is 5.71. The van der Waals surface area contributed by atoms with Crippen molar-refractivity contribution >= 4 is 0 Å². The van der Waals surface area contributed by atoms with Crippen molar-refractivity contribution in [1.29, 1.82) is 0 Å². The standard InChI is InChI=1S/C15H16O3/c1-17-14-9-11(8-13(16)10-14)7-12-5-3-4-6-15(12)18-2/h3-6,8-10,16H,7H2,1-2H3. The molecule has 2 rings (SSSR count). The van der Waals surface area contributed by atoms with Crippen LogP contribution >= 0.6 is 0 Å². The molecule has 3 nitrogen and oxygen atoms in total. The van der Waals surface area contributed by atoms with Crippen molar-refractivity contribution in [2.45, 2.75) is 6.42 Å². The van der Waals surface area contributed by atoms with E-state index in [-0.39, 0.29) is 5.75 Å². The van der Waals surface area contributed by atoms with Gasteiger partial charge < -0.3 is 14.6 Å². The van der Waals surface area contributed by atoms with Crippen molar-refractivity contribution in [2.75, 3.05) is 14.2 Å². The van der Waals surface area contributed by atoms with Gasteiger partial charge in [-0.05, 0) is 29.3 Å². The number of ether oxygens (including phenoxy) is 2. The molecule has 1 N–H and O–H groups in total. The monoisotopic (exact) mass is 244 g/mol. The van der Waals surface area contributed by atoms with E-state index in [0.717, 1.165) is 16.9 Å². The van der Waals surface area contributed by atoms with E-state index in [2.05, 4.69) is 0 Å². The molecule has 0 bridgehead atoms. The molecule has 0 saturated heterocycles. The number of phenols is 1. The summed E-state index contributed by atoms with van der Waals surface area (Å²) < 4.78 is 10.4. The van der Waals surface area contributed by atoms with E-state index in [4.69, 9.17) is 9.47 Å². The van der Waals surface area contributed by atoms with Gasteiger partial charge >= 0.3 is 0 Å². The number of phenolic OH excluding ortho intramolecular Hbond substituents is 1. The minimum atomic E-state index is 0.208. The number of hydrogen-bond donors (Lipinski definition) is 1. The molecule has 0 heterocycles. The van der Waals surface area contributed by atoms with Gasteiger partial charge in [0, 0.05) is 12.5 Å². The molecule has 0 fully saturated rings. The molecule has 3 heteroatoms. The van der Waals surface area contributed by atoms with Crippen LogP contribution in [-0.4, -0.2) is 19.3 Å². The van der Waals surface area contributed by atoms with E-state index >= 15 is 0 Å². The van der Waals surface area contributed by atoms with Gasteiger partial charge in [0.1, 0.15) is 17.2 Å². The molecule has 0 aliphatic carbocycles. The lowest BCUT2D eigenvalue weighted by Gasteiger charge is -2.09. The highest BCUT2D eigenvalue weighted by Gasteiger charge is 2.05. The van der Waals surface area contributed by atoms with Crippen LogP contribution in [0.4, 0.5) is 0 Å². The molecule has 0 amide bonds. The van der Waals surface area contributed by atoms with E-state index < -0.39 is 0 Å². The lowest BCUT2D eigenvalue weighted by molar-refractivity contribution is 0.406. The van der Waals surface area contributed by atoms with E-state index in [1.165, 1.54) is 0 Å². The zero-order valence-corrected chi connectivity index (χ0v) is 10.5. The summed E-state index contributed by atoms with van der Waals surface area (Å²) >= 11 is 0. The van der Waals surface area contributed by atoms with E-state index in [1.54, 1.807) is 26.4 Å². The molecule has 94 valence electrons. The van der Waals surface area contributed by atoms with Gasteiger partial charge in [-0.3, -0.25) is 0 Å². The van der Waals surface area contributed by atoms with Gasteiger partial charge in [0.05, 0.1) is 14.2 Å². The van der Waals surface area contributed by atoms with Crippen LogP contribution in [0, 0.1) is 0 Å². The van der Waals surface area contributed by atoms with Crippen molar-refractivity contribution in [1.82, 2.24) is 0 Å². The SMILES string of the molecule is COc1cc(O)cc(Cc2ccccc2OC)c1. The predicted molar refractivity (Wildman–Crippen MR) is 70.5 cm³/mol. The third-order valence-electron chi connectivity index (χ3n) is 2.77. The third kappa shape index (κ3) is 2.74. The summed E-state index contributed by atoms with van der Waals surface area (Å²) in [7, 11) is 3.24. The van der Waals surface area contributed by atoms with Crippen molar-refractivity contribution in [3.05, 3.63) is 53.6 Å². The summed E-state index contributed by atoms with van der Waals surface area (Å²) in [6, 6.07) is 13.1. The van der Waals surface area contributed by atoms with Crippen molar-refractivity contribution in [3.63, 3.8) is 0 Å². The van der Waals surface area contributed by atoms with Gasteiger partial charge in [-0.15, -0.1) is 0 Å². The molecule has 0 spiro atoms. The molecular weight excluding hydrogens is 228 g/mol. The first-order chi connectivity index (χ1) is 8.72. The highest BCUT2D eigenvalue weighted by molar-refractivity contribution is 5.42. The lowest BCUT2D eigenvalue weighted by atomic mass is 10.0. The zero-order valence-electron chi connectivity index (χ0n) is 10.5. The van der Waals surface area contributed by atoms with Gasteiger partial charge in [0.25, 0.3) is 0 Å². The van der Waals surface area contributed by atoms with Gasteiger partial charge in [-0.1, -0.05) is 18.2 Å². The predicted octanol–water partition coefficient (Wildman–Crippen LogP) is 3.00. The molecule has 0 saturated carbocycles. The Balaban J connectivity index is 2.30. The van der Waals surface area contributed by atoms with Crippen molar-refractivity contribution in [2.24, 2.45) is 0 Å². The molecule has 0 radical (unpaired) electrons. The number of para-hydroxylation sites is 1. The molecule has 0 unspecified atom stereocenters. The number of methoxy groups -OCH3 is 2. The smallest absolute Gasteiger partial charge is 0.122 e. The Labute approximate surface area is 107 Å². The highest BCUT2D eigenvalue weighted by Crippen LogP contribution is 2.26. The molecule has 2 aromatic rings. The fraction of sp³-hybridized carbons (Fsp3) is 0.200. The largest absolute Gasteiger partial charge is 0.508 e. The van der Waals surface area contributed by atoms with Crippen LogP contribution in [0.2, 0.25) is 0 Å². The first kappa shape index (κ1) is 12.3. The Morgan fingerprint density at radius 1 is 1.00 bits per heavy atom. The summed E-state index contributed by atoms with van der Waals surface area (Å²) in [4.78, 5) is 0. The maximum Gasteiger partial charge on any atom is 0.122 e. The van der Waals surface area contributed by atoms with Crippen LogP contribution in [0.25, 0.3) is 0 Å². The third-order valence-corrected chi connectivity index (χ3v) is 2.77. The number of aromatic hydroxyl groups is 1. The highest BCUT2D eigenvalue weighted by atomic mass is 16.5. The van der Waals surface area contributed by atoms with Crippen molar-refractivity contribution < 1.29 is 14.6 Å². The maximum atomic E-state index is 9.62. The van der Waals surface area contributed by atoms with Gasteiger partial charge in [0.2, 0.25) is 0 Å². The molecule has 2 aromatic carbocycles. The van der Waals surface area contributed by atoms with Crippen LogP contribution in [0.15, 0.2) is 42.5 Å². The van der Waals surface area contributed by atoms with E-state index in [1.807, 2.05) is 30.3 Å². The van der Waals surface area contributed by atoms with Gasteiger partial charge in [0.15, 0.2) is 0 Å². The maximum absolute atomic E-state index is 9.62. The number of hydrogen-bond acceptors (Lipinski definition) is 3. The number of benzene rings is 2. The lowest BCUT2D eigenvalue weighted by Crippen LogP contribution is -1.94. The number of rotatable bonds is 4. The van der Waals surface area contributed by atoms with E-state index in [9.17, 15) is 5.11 Å². The minimum absolute atomic E-state index is 0.208. The molecule has 0 atom stereocenters. The Morgan fingerprint density at radius 2 is 1.78 bits per heavy atom. The molecule has 0 aliphatic heterocycles. The van der Waals surface area contributed by atoms with Crippen molar-refractivity contribution in [3.8, 4) is 17.2 Å². The quantitative estimate of drug-likeness (QED) is 0.898. The summed E-state index contributed by atoms with van der Waals surface area (Å²) in [5, 5.41) is 9.62. The Kier molecular flexibility index (Phi) is 3.72. The van der Waals surface area contributed by atoms with Crippen LogP contribution < -0.4 is 9.47 Å². The van der Waals surface area contributed by atoms with Gasteiger partial charge in [-0.25, -0.2) is 0 Å². The van der Waals surface area contributed by atoms with Crippen LogP contribution in [-0.2, 0) is 6.42 Å². The average Bonchev–Trinajstić information content (AvgIpc) is 2.38. The van der Waals surface area contributed by atoms with E-state index in [0.29, 0.717) is 12.2 Å². The second-order valence-electron chi connectivity index (χ2n) is 4.03. The van der Waals surface area contributed by atoms with Crippen LogP contribution in [0.5, 0.6) is 17.2 Å². The summed E-state index contributed by atoms with van der Waals surface area (Å²) in [6.07, 6.45) is 0.689. The first-order valence-corrected chi connectivity index (χ1v) is 5.71. The molecule has 0 aliphatic rings. The molecular formula is C15H16O3. The Bertz CT molecular complexity index is 535. The fourth-order valence-electron chi connectivity index (χ4n) is 1.93. The van der Waals surface area contributed by atoms with Crippen LogP contribution in [0.3, 0.4) is 0 Å². The summed E-state index contributed by atoms with van der Waals surface area (Å²) in [5.41, 5.74) is 2.06. The normalized spacial score (nSPS) is 10.1. The minimum Gasteiger partial charge on any atom is -0.508 e. The zero-order chi connectivity index (χ0) is 13.0. The van der Waals surface area contributed by atoms with Crippen LogP contribution in [0.1, 0.15) is 11.1 Å².